The number of carboxylic acids is 1. The fourth-order valence-corrected chi connectivity index (χ4v) is 1.23. The number of carbonyl (C=O) groups is 2. The van der Waals surface area contributed by atoms with Crippen LogP contribution in [0.5, 0.6) is 0 Å². The van der Waals surface area contributed by atoms with E-state index < -0.39 is 11.5 Å². The van der Waals surface area contributed by atoms with E-state index in [1.165, 1.54) is 0 Å². The summed E-state index contributed by atoms with van der Waals surface area (Å²) in [6.45, 7) is 5.26. The Labute approximate surface area is 90.0 Å². The lowest BCUT2D eigenvalue weighted by atomic mass is 10.00. The maximum Gasteiger partial charge on any atom is 0.305 e. The fraction of sp³-hybridized carbons (Fsp3) is 0.800. The van der Waals surface area contributed by atoms with Crippen LogP contribution in [0.1, 0.15) is 40.0 Å². The lowest BCUT2D eigenvalue weighted by Gasteiger charge is -2.24. The van der Waals surface area contributed by atoms with Gasteiger partial charge < -0.3 is 16.2 Å². The van der Waals surface area contributed by atoms with E-state index in [0.717, 1.165) is 6.42 Å². The van der Waals surface area contributed by atoms with Crippen LogP contribution in [0.4, 0.5) is 0 Å². The predicted octanol–water partition coefficient (Wildman–Crippen LogP) is 0.483. The number of hydrogen-bond acceptors (Lipinski definition) is 3. The van der Waals surface area contributed by atoms with Gasteiger partial charge in [-0.2, -0.15) is 0 Å². The number of aliphatic carboxylic acids is 1. The van der Waals surface area contributed by atoms with Gasteiger partial charge >= 0.3 is 5.97 Å². The molecule has 4 N–H and O–H groups in total. The highest BCUT2D eigenvalue weighted by atomic mass is 16.4. The van der Waals surface area contributed by atoms with Gasteiger partial charge in [0.2, 0.25) is 5.91 Å². The average Bonchev–Trinajstić information content (AvgIpc) is 1.99. The SMILES string of the molecule is CCC(N)CC(=O)NC(C)(C)CC(=O)O. The summed E-state index contributed by atoms with van der Waals surface area (Å²) in [6.07, 6.45) is 0.867. The van der Waals surface area contributed by atoms with Gasteiger partial charge in [-0.25, -0.2) is 0 Å². The molecule has 0 aliphatic carbocycles. The van der Waals surface area contributed by atoms with Gasteiger partial charge in [0.05, 0.1) is 6.42 Å². The van der Waals surface area contributed by atoms with E-state index in [1.54, 1.807) is 13.8 Å². The van der Waals surface area contributed by atoms with E-state index in [9.17, 15) is 9.59 Å². The minimum Gasteiger partial charge on any atom is -0.481 e. The van der Waals surface area contributed by atoms with Gasteiger partial charge in [0, 0.05) is 18.0 Å². The normalized spacial score (nSPS) is 13.3. The molecule has 5 nitrogen and oxygen atoms in total. The minimum absolute atomic E-state index is 0.0971. The van der Waals surface area contributed by atoms with E-state index in [1.807, 2.05) is 6.92 Å². The summed E-state index contributed by atoms with van der Waals surface area (Å²) in [5, 5.41) is 11.3. The number of nitrogens with one attached hydrogen (secondary N) is 1. The molecule has 0 aromatic heterocycles. The van der Waals surface area contributed by atoms with Crippen molar-refractivity contribution in [3.05, 3.63) is 0 Å². The molecule has 88 valence electrons. The third-order valence-electron chi connectivity index (χ3n) is 2.04. The summed E-state index contributed by atoms with van der Waals surface area (Å²) in [5.74, 6) is -1.13. The standard InChI is InChI=1S/C10H20N2O3/c1-4-7(11)5-8(13)12-10(2,3)6-9(14)15/h7H,4-6,11H2,1-3H3,(H,12,13)(H,14,15). The molecule has 0 aromatic carbocycles. The maximum absolute atomic E-state index is 11.4. The molecule has 0 spiro atoms. The first kappa shape index (κ1) is 13.9. The third kappa shape index (κ3) is 6.90. The lowest BCUT2D eigenvalue weighted by molar-refractivity contribution is -0.138. The Morgan fingerprint density at radius 3 is 2.40 bits per heavy atom. The highest BCUT2D eigenvalue weighted by Gasteiger charge is 2.24. The van der Waals surface area contributed by atoms with Crippen molar-refractivity contribution in [1.29, 1.82) is 0 Å². The van der Waals surface area contributed by atoms with E-state index in [-0.39, 0.29) is 24.8 Å². The summed E-state index contributed by atoms with van der Waals surface area (Å²) in [4.78, 5) is 21.9. The maximum atomic E-state index is 11.4. The Morgan fingerprint density at radius 2 is 2.00 bits per heavy atom. The second-order valence-electron chi connectivity index (χ2n) is 4.38. The quantitative estimate of drug-likeness (QED) is 0.602. The lowest BCUT2D eigenvalue weighted by Crippen LogP contribution is -2.46. The van der Waals surface area contributed by atoms with Crippen LogP contribution in [-0.4, -0.2) is 28.6 Å². The topological polar surface area (TPSA) is 92.4 Å². The van der Waals surface area contributed by atoms with Gasteiger partial charge in [0.1, 0.15) is 0 Å². The Kier molecular flexibility index (Phi) is 5.28. The van der Waals surface area contributed by atoms with Crippen LogP contribution in [0.3, 0.4) is 0 Å². The Morgan fingerprint density at radius 1 is 1.47 bits per heavy atom. The molecule has 0 aliphatic rings. The van der Waals surface area contributed by atoms with Crippen molar-refractivity contribution in [3.8, 4) is 0 Å². The van der Waals surface area contributed by atoms with Crippen LogP contribution in [0.2, 0.25) is 0 Å². The molecule has 0 saturated heterocycles. The van der Waals surface area contributed by atoms with Gasteiger partial charge in [-0.1, -0.05) is 6.92 Å². The van der Waals surface area contributed by atoms with Crippen LogP contribution in [0.25, 0.3) is 0 Å². The largest absolute Gasteiger partial charge is 0.481 e. The Hall–Kier alpha value is -1.10. The van der Waals surface area contributed by atoms with Crippen molar-refractivity contribution < 1.29 is 14.7 Å². The van der Waals surface area contributed by atoms with Crippen molar-refractivity contribution in [2.75, 3.05) is 0 Å². The van der Waals surface area contributed by atoms with Crippen LogP contribution >= 0.6 is 0 Å². The molecule has 0 bridgehead atoms. The molecule has 15 heavy (non-hydrogen) atoms. The van der Waals surface area contributed by atoms with Crippen LogP contribution in [0.15, 0.2) is 0 Å². The molecule has 0 saturated carbocycles. The van der Waals surface area contributed by atoms with Crippen molar-refractivity contribution in [3.63, 3.8) is 0 Å². The molecule has 0 aliphatic heterocycles. The summed E-state index contributed by atoms with van der Waals surface area (Å²) >= 11 is 0. The molecule has 1 amide bonds. The molecule has 1 unspecified atom stereocenters. The summed E-state index contributed by atoms with van der Waals surface area (Å²) < 4.78 is 0. The molecule has 0 rings (SSSR count). The van der Waals surface area contributed by atoms with Gasteiger partial charge in [-0.3, -0.25) is 9.59 Å². The third-order valence-corrected chi connectivity index (χ3v) is 2.04. The number of hydrogen-bond donors (Lipinski definition) is 3. The molecule has 0 heterocycles. The van der Waals surface area contributed by atoms with Gasteiger partial charge in [-0.05, 0) is 20.3 Å². The zero-order valence-corrected chi connectivity index (χ0v) is 9.54. The van der Waals surface area contributed by atoms with E-state index in [0.29, 0.717) is 0 Å². The van der Waals surface area contributed by atoms with E-state index >= 15 is 0 Å². The minimum atomic E-state index is -0.930. The highest BCUT2D eigenvalue weighted by Crippen LogP contribution is 2.08. The predicted molar refractivity (Wildman–Crippen MR) is 57.4 cm³/mol. The molecule has 1 atom stereocenters. The fourth-order valence-electron chi connectivity index (χ4n) is 1.23. The van der Waals surface area contributed by atoms with Crippen molar-refractivity contribution in [2.24, 2.45) is 5.73 Å². The Bertz CT molecular complexity index is 239. The first-order valence-electron chi connectivity index (χ1n) is 5.05. The summed E-state index contributed by atoms with van der Waals surface area (Å²) in [7, 11) is 0. The van der Waals surface area contributed by atoms with Crippen molar-refractivity contribution >= 4 is 11.9 Å². The van der Waals surface area contributed by atoms with Crippen LogP contribution < -0.4 is 11.1 Å². The number of carboxylic acid groups (broad SMARTS) is 1. The highest BCUT2D eigenvalue weighted by molar-refractivity contribution is 5.78. The molecule has 0 fully saturated rings. The molecular formula is C10H20N2O3. The zero-order chi connectivity index (χ0) is 12.1. The molecule has 0 aromatic rings. The molecule has 0 radical (unpaired) electrons. The van der Waals surface area contributed by atoms with Crippen molar-refractivity contribution in [2.45, 2.75) is 51.6 Å². The van der Waals surface area contributed by atoms with Crippen LogP contribution in [-0.2, 0) is 9.59 Å². The monoisotopic (exact) mass is 216 g/mol. The molecule has 5 heteroatoms. The van der Waals surface area contributed by atoms with Gasteiger partial charge in [-0.15, -0.1) is 0 Å². The van der Waals surface area contributed by atoms with Gasteiger partial charge in [0.15, 0.2) is 0 Å². The number of amides is 1. The number of nitrogens with two attached hydrogens (primary N) is 1. The van der Waals surface area contributed by atoms with Crippen molar-refractivity contribution in [1.82, 2.24) is 5.32 Å². The first-order valence-corrected chi connectivity index (χ1v) is 5.05. The van der Waals surface area contributed by atoms with E-state index in [2.05, 4.69) is 5.32 Å². The molecular weight excluding hydrogens is 196 g/mol. The first-order chi connectivity index (χ1) is 6.76. The smallest absolute Gasteiger partial charge is 0.305 e. The summed E-state index contributed by atoms with van der Waals surface area (Å²) in [6, 6.07) is -0.161. The average molecular weight is 216 g/mol. The second-order valence-corrected chi connectivity index (χ2v) is 4.38. The Balaban J connectivity index is 4.09. The summed E-state index contributed by atoms with van der Waals surface area (Å²) in [5.41, 5.74) is 4.89. The van der Waals surface area contributed by atoms with Crippen LogP contribution in [0, 0.1) is 0 Å². The second kappa shape index (κ2) is 5.70. The number of carbonyl (C=O) groups excluding carboxylic acids is 1. The van der Waals surface area contributed by atoms with E-state index in [4.69, 9.17) is 10.8 Å². The number of rotatable bonds is 6. The van der Waals surface area contributed by atoms with Gasteiger partial charge in [0.25, 0.3) is 0 Å². The zero-order valence-electron chi connectivity index (χ0n) is 9.54.